The van der Waals surface area contributed by atoms with E-state index in [1.807, 2.05) is 18.2 Å². The zero-order valence-corrected chi connectivity index (χ0v) is 19.5. The van der Waals surface area contributed by atoms with Gasteiger partial charge in [-0.05, 0) is 43.5 Å². The van der Waals surface area contributed by atoms with Crippen LogP contribution in [0.4, 0.5) is 18.9 Å². The standard InChI is InChI=1S/C25H24F3N5O3/c1-36-21-12-18(3-4-19(21)16-13-30-31-14-16)33-11-8-24(23(33)35)6-9-32(10-7-24)22(34)20-5-2-17(15-29-20)25(26,27)28/h2-5,12-15H,6-11H2,1H3,(H,30,31). The predicted octanol–water partition coefficient (Wildman–Crippen LogP) is 4.16. The topological polar surface area (TPSA) is 91.4 Å². The van der Waals surface area contributed by atoms with Crippen molar-refractivity contribution in [3.05, 3.63) is 60.2 Å². The lowest BCUT2D eigenvalue weighted by Crippen LogP contribution is -2.46. The van der Waals surface area contributed by atoms with Crippen LogP contribution in [0.1, 0.15) is 35.3 Å². The van der Waals surface area contributed by atoms with Crippen molar-refractivity contribution in [2.45, 2.75) is 25.4 Å². The Bertz CT molecular complexity index is 1270. The van der Waals surface area contributed by atoms with Gasteiger partial charge in [-0.1, -0.05) is 0 Å². The molecular weight excluding hydrogens is 475 g/mol. The van der Waals surface area contributed by atoms with Crippen LogP contribution in [0.15, 0.2) is 48.9 Å². The molecule has 0 bridgehead atoms. The number of amides is 2. The van der Waals surface area contributed by atoms with Gasteiger partial charge in [-0.2, -0.15) is 18.3 Å². The second-order valence-electron chi connectivity index (χ2n) is 9.08. The first-order valence-corrected chi connectivity index (χ1v) is 11.5. The molecule has 3 aromatic rings. The van der Waals surface area contributed by atoms with Crippen LogP contribution in [0.2, 0.25) is 0 Å². The maximum Gasteiger partial charge on any atom is 0.417 e. The van der Waals surface area contributed by atoms with Gasteiger partial charge in [-0.3, -0.25) is 19.7 Å². The fraction of sp³-hybridized carbons (Fsp3) is 0.360. The quantitative estimate of drug-likeness (QED) is 0.582. The van der Waals surface area contributed by atoms with Crippen molar-refractivity contribution in [2.75, 3.05) is 31.6 Å². The van der Waals surface area contributed by atoms with Crippen LogP contribution < -0.4 is 9.64 Å². The van der Waals surface area contributed by atoms with E-state index in [0.717, 1.165) is 28.9 Å². The molecule has 11 heteroatoms. The molecule has 2 aliphatic heterocycles. The third-order valence-corrected chi connectivity index (χ3v) is 7.14. The van der Waals surface area contributed by atoms with Crippen LogP contribution in [-0.4, -0.2) is 58.6 Å². The molecule has 0 saturated carbocycles. The Morgan fingerprint density at radius 3 is 2.44 bits per heavy atom. The van der Waals surface area contributed by atoms with E-state index in [0.29, 0.717) is 50.8 Å². The highest BCUT2D eigenvalue weighted by Crippen LogP contribution is 2.44. The van der Waals surface area contributed by atoms with Gasteiger partial charge < -0.3 is 14.5 Å². The van der Waals surface area contributed by atoms with Gasteiger partial charge in [0.2, 0.25) is 5.91 Å². The number of benzene rings is 1. The van der Waals surface area contributed by atoms with Crippen LogP contribution in [0, 0.1) is 5.41 Å². The van der Waals surface area contributed by atoms with E-state index in [4.69, 9.17) is 4.74 Å². The molecule has 0 unspecified atom stereocenters. The SMILES string of the molecule is COc1cc(N2CCC3(CCN(C(=O)c4ccc(C(F)(F)F)cn4)CC3)C2=O)ccc1-c1cn[nH]c1. The minimum atomic E-state index is -4.51. The van der Waals surface area contributed by atoms with E-state index in [2.05, 4.69) is 15.2 Å². The van der Waals surface area contributed by atoms with E-state index in [9.17, 15) is 22.8 Å². The Balaban J connectivity index is 1.27. The molecule has 1 N–H and O–H groups in total. The number of pyridine rings is 1. The number of rotatable bonds is 4. The molecule has 4 heterocycles. The van der Waals surface area contributed by atoms with E-state index >= 15 is 0 Å². The van der Waals surface area contributed by atoms with Gasteiger partial charge in [-0.25, -0.2) is 0 Å². The Kier molecular flexibility index (Phi) is 5.93. The number of alkyl halides is 3. The average Bonchev–Trinajstić information content (AvgIpc) is 3.52. The summed E-state index contributed by atoms with van der Waals surface area (Å²) < 4.78 is 43.9. The average molecular weight is 499 g/mol. The Hall–Kier alpha value is -3.89. The van der Waals surface area contributed by atoms with Gasteiger partial charge in [0.1, 0.15) is 11.4 Å². The molecule has 8 nitrogen and oxygen atoms in total. The minimum absolute atomic E-state index is 0.0142. The number of carbonyl (C=O) groups is 2. The van der Waals surface area contributed by atoms with Crippen LogP contribution in [0.25, 0.3) is 11.1 Å². The number of aromatic amines is 1. The largest absolute Gasteiger partial charge is 0.496 e. The summed E-state index contributed by atoms with van der Waals surface area (Å²) in [4.78, 5) is 33.3. The summed E-state index contributed by atoms with van der Waals surface area (Å²) in [5, 5.41) is 6.75. The highest BCUT2D eigenvalue weighted by molar-refractivity contribution is 6.01. The minimum Gasteiger partial charge on any atom is -0.496 e. The third-order valence-electron chi connectivity index (χ3n) is 7.14. The molecule has 2 aromatic heterocycles. The number of ether oxygens (including phenoxy) is 1. The van der Waals surface area contributed by atoms with Crippen molar-refractivity contribution in [2.24, 2.45) is 5.41 Å². The summed E-state index contributed by atoms with van der Waals surface area (Å²) in [6.07, 6.45) is 1.26. The first-order valence-electron chi connectivity index (χ1n) is 11.5. The molecule has 5 rings (SSSR count). The molecule has 36 heavy (non-hydrogen) atoms. The number of likely N-dealkylation sites (tertiary alicyclic amines) is 1. The van der Waals surface area contributed by atoms with Crippen molar-refractivity contribution in [1.82, 2.24) is 20.1 Å². The number of anilines is 1. The van der Waals surface area contributed by atoms with Gasteiger partial charge >= 0.3 is 6.18 Å². The van der Waals surface area contributed by atoms with E-state index in [1.165, 1.54) is 0 Å². The molecule has 2 saturated heterocycles. The monoisotopic (exact) mass is 499 g/mol. The van der Waals surface area contributed by atoms with Gasteiger partial charge in [0.25, 0.3) is 5.91 Å². The van der Waals surface area contributed by atoms with Crippen molar-refractivity contribution in [3.8, 4) is 16.9 Å². The van der Waals surface area contributed by atoms with Crippen molar-refractivity contribution in [1.29, 1.82) is 0 Å². The zero-order valence-electron chi connectivity index (χ0n) is 19.5. The fourth-order valence-corrected chi connectivity index (χ4v) is 5.00. The smallest absolute Gasteiger partial charge is 0.417 e. The zero-order chi connectivity index (χ0) is 25.5. The van der Waals surface area contributed by atoms with Crippen LogP contribution in [-0.2, 0) is 11.0 Å². The highest BCUT2D eigenvalue weighted by Gasteiger charge is 2.49. The molecule has 2 aliphatic rings. The number of hydrogen-bond acceptors (Lipinski definition) is 5. The van der Waals surface area contributed by atoms with Gasteiger partial charge in [0.15, 0.2) is 0 Å². The summed E-state index contributed by atoms with van der Waals surface area (Å²) in [6.45, 7) is 1.23. The molecule has 1 aromatic carbocycles. The number of hydrogen-bond donors (Lipinski definition) is 1. The van der Waals surface area contributed by atoms with Crippen LogP contribution in [0.5, 0.6) is 5.75 Å². The lowest BCUT2D eigenvalue weighted by Gasteiger charge is -2.37. The molecule has 0 aliphatic carbocycles. The van der Waals surface area contributed by atoms with Gasteiger partial charge in [0.05, 0.1) is 24.3 Å². The van der Waals surface area contributed by atoms with E-state index in [-0.39, 0.29) is 11.6 Å². The lowest BCUT2D eigenvalue weighted by atomic mass is 9.77. The molecule has 0 atom stereocenters. The normalized spacial score (nSPS) is 17.6. The summed E-state index contributed by atoms with van der Waals surface area (Å²) >= 11 is 0. The number of nitrogens with zero attached hydrogens (tertiary/aromatic N) is 4. The summed E-state index contributed by atoms with van der Waals surface area (Å²) in [7, 11) is 1.58. The molecular formula is C25H24F3N5O3. The first-order chi connectivity index (χ1) is 17.2. The van der Waals surface area contributed by atoms with E-state index < -0.39 is 23.1 Å². The number of piperidine rings is 1. The second-order valence-corrected chi connectivity index (χ2v) is 9.08. The van der Waals surface area contributed by atoms with Crippen LogP contribution >= 0.6 is 0 Å². The highest BCUT2D eigenvalue weighted by atomic mass is 19.4. The number of aromatic nitrogens is 3. The summed E-state index contributed by atoms with van der Waals surface area (Å²) in [5.74, 6) is 0.216. The summed E-state index contributed by atoms with van der Waals surface area (Å²) in [6, 6.07) is 7.58. The Morgan fingerprint density at radius 2 is 1.83 bits per heavy atom. The van der Waals surface area contributed by atoms with Crippen molar-refractivity contribution in [3.63, 3.8) is 0 Å². The fourth-order valence-electron chi connectivity index (χ4n) is 5.00. The third kappa shape index (κ3) is 4.18. The molecule has 1 spiro atoms. The van der Waals surface area contributed by atoms with Gasteiger partial charge in [0, 0.05) is 54.9 Å². The second kappa shape index (κ2) is 8.96. The number of H-pyrrole nitrogens is 1. The number of methoxy groups -OCH3 is 1. The Labute approximate surface area is 205 Å². The Morgan fingerprint density at radius 1 is 1.08 bits per heavy atom. The number of carbonyl (C=O) groups excluding carboxylic acids is 2. The molecule has 2 amide bonds. The molecule has 2 fully saturated rings. The maximum atomic E-state index is 13.5. The van der Waals surface area contributed by atoms with E-state index in [1.54, 1.807) is 29.3 Å². The van der Waals surface area contributed by atoms with Crippen molar-refractivity contribution >= 4 is 17.5 Å². The predicted molar refractivity (Wildman–Crippen MR) is 124 cm³/mol. The molecule has 188 valence electrons. The summed E-state index contributed by atoms with van der Waals surface area (Å²) in [5.41, 5.74) is 0.974. The lowest BCUT2D eigenvalue weighted by molar-refractivity contribution is -0.137. The maximum absolute atomic E-state index is 13.5. The van der Waals surface area contributed by atoms with Crippen LogP contribution in [0.3, 0.4) is 0 Å². The number of halogens is 3. The van der Waals surface area contributed by atoms with Crippen molar-refractivity contribution < 1.29 is 27.5 Å². The first kappa shape index (κ1) is 23.8. The molecule has 0 radical (unpaired) electrons. The van der Waals surface area contributed by atoms with Gasteiger partial charge in [-0.15, -0.1) is 0 Å². The number of nitrogens with one attached hydrogen (secondary N) is 1.